The average molecular weight is 486 g/mol. The fourth-order valence-electron chi connectivity index (χ4n) is 4.51. The SMILES string of the molecule is Cc1ccc(-c2nc3ccccc3[nH]2)cc1Nc1nc(N[C@@H]2CCNC2)nc(N(C)CC(C)(C)C)n1. The van der Waals surface area contributed by atoms with Crippen molar-refractivity contribution in [3.05, 3.63) is 48.0 Å². The van der Waals surface area contributed by atoms with E-state index in [1.54, 1.807) is 0 Å². The van der Waals surface area contributed by atoms with Gasteiger partial charge < -0.3 is 25.8 Å². The maximum atomic E-state index is 4.78. The first-order valence-electron chi connectivity index (χ1n) is 12.5. The van der Waals surface area contributed by atoms with Crippen LogP contribution in [0.4, 0.5) is 23.5 Å². The summed E-state index contributed by atoms with van der Waals surface area (Å²) in [6, 6.07) is 14.6. The van der Waals surface area contributed by atoms with Gasteiger partial charge in [-0.1, -0.05) is 45.0 Å². The number of rotatable bonds is 7. The zero-order valence-corrected chi connectivity index (χ0v) is 21.7. The van der Waals surface area contributed by atoms with Crippen molar-refractivity contribution in [2.45, 2.75) is 40.2 Å². The van der Waals surface area contributed by atoms with Crippen LogP contribution in [0.3, 0.4) is 0 Å². The van der Waals surface area contributed by atoms with E-state index >= 15 is 0 Å². The van der Waals surface area contributed by atoms with Gasteiger partial charge in [0.2, 0.25) is 17.8 Å². The lowest BCUT2D eigenvalue weighted by Crippen LogP contribution is -2.31. The third-order valence-corrected chi connectivity index (χ3v) is 6.22. The molecule has 4 aromatic rings. The number of hydrogen-bond donors (Lipinski definition) is 4. The summed E-state index contributed by atoms with van der Waals surface area (Å²) in [5.41, 5.74) is 5.09. The molecule has 1 aliphatic rings. The minimum Gasteiger partial charge on any atom is -0.350 e. The molecular weight excluding hydrogens is 450 g/mol. The highest BCUT2D eigenvalue weighted by molar-refractivity contribution is 5.80. The lowest BCUT2D eigenvalue weighted by molar-refractivity contribution is 0.416. The molecule has 0 spiro atoms. The summed E-state index contributed by atoms with van der Waals surface area (Å²) in [6.45, 7) is 11.4. The minimum atomic E-state index is 0.107. The Kier molecular flexibility index (Phi) is 6.49. The predicted molar refractivity (Wildman–Crippen MR) is 147 cm³/mol. The van der Waals surface area contributed by atoms with E-state index in [0.717, 1.165) is 59.7 Å². The lowest BCUT2D eigenvalue weighted by Gasteiger charge is -2.27. The number of anilines is 4. The molecule has 1 saturated heterocycles. The molecule has 0 radical (unpaired) electrons. The molecule has 1 fully saturated rings. The summed E-state index contributed by atoms with van der Waals surface area (Å²) in [5.74, 6) is 2.57. The molecule has 0 aliphatic carbocycles. The molecule has 4 N–H and O–H groups in total. The molecule has 188 valence electrons. The van der Waals surface area contributed by atoms with Gasteiger partial charge in [0.25, 0.3) is 0 Å². The highest BCUT2D eigenvalue weighted by atomic mass is 15.3. The second-order valence-corrected chi connectivity index (χ2v) is 10.8. The van der Waals surface area contributed by atoms with Crippen molar-refractivity contribution < 1.29 is 0 Å². The van der Waals surface area contributed by atoms with Gasteiger partial charge in [0.15, 0.2) is 0 Å². The second-order valence-electron chi connectivity index (χ2n) is 10.8. The van der Waals surface area contributed by atoms with Crippen molar-refractivity contribution >= 4 is 34.6 Å². The molecule has 1 aliphatic heterocycles. The van der Waals surface area contributed by atoms with Crippen molar-refractivity contribution in [1.82, 2.24) is 30.2 Å². The molecule has 2 aromatic heterocycles. The van der Waals surface area contributed by atoms with Gasteiger partial charge in [-0.25, -0.2) is 4.98 Å². The van der Waals surface area contributed by atoms with Gasteiger partial charge in [-0.15, -0.1) is 0 Å². The maximum absolute atomic E-state index is 4.78. The summed E-state index contributed by atoms with van der Waals surface area (Å²) >= 11 is 0. The number of nitrogens with one attached hydrogen (secondary N) is 4. The topological polar surface area (TPSA) is 107 Å². The molecule has 0 amide bonds. The zero-order valence-electron chi connectivity index (χ0n) is 21.7. The molecule has 1 atom stereocenters. The number of para-hydroxylation sites is 2. The second kappa shape index (κ2) is 9.73. The van der Waals surface area contributed by atoms with Gasteiger partial charge in [-0.05, 0) is 49.1 Å². The Morgan fingerprint density at radius 3 is 2.58 bits per heavy atom. The third-order valence-electron chi connectivity index (χ3n) is 6.22. The number of imidazole rings is 1. The van der Waals surface area contributed by atoms with Crippen molar-refractivity contribution in [3.63, 3.8) is 0 Å². The number of H-pyrrole nitrogens is 1. The third kappa shape index (κ3) is 5.57. The summed E-state index contributed by atoms with van der Waals surface area (Å²) in [7, 11) is 2.03. The van der Waals surface area contributed by atoms with E-state index in [1.165, 1.54) is 0 Å². The van der Waals surface area contributed by atoms with Gasteiger partial charge in [0.05, 0.1) is 11.0 Å². The first-order chi connectivity index (χ1) is 17.2. The van der Waals surface area contributed by atoms with Crippen LogP contribution in [0.15, 0.2) is 42.5 Å². The number of benzene rings is 2. The van der Waals surface area contributed by atoms with Crippen molar-refractivity contribution in [3.8, 4) is 11.4 Å². The van der Waals surface area contributed by atoms with Crippen LogP contribution < -0.4 is 20.9 Å². The average Bonchev–Trinajstić information content (AvgIpc) is 3.49. The monoisotopic (exact) mass is 485 g/mol. The molecule has 36 heavy (non-hydrogen) atoms. The standard InChI is InChI=1S/C27H35N9/c1-17-10-11-18(23-30-20-8-6-7-9-21(20)31-23)14-22(17)32-25-33-24(29-19-12-13-28-15-19)34-26(35-25)36(5)16-27(2,3)4/h6-11,14,19,28H,12-13,15-16H2,1-5H3,(H,30,31)(H2,29,32,33,34,35)/t19-/m1/s1. The van der Waals surface area contributed by atoms with E-state index in [1.807, 2.05) is 31.3 Å². The van der Waals surface area contributed by atoms with Crippen LogP contribution in [0.2, 0.25) is 0 Å². The minimum absolute atomic E-state index is 0.107. The van der Waals surface area contributed by atoms with E-state index in [0.29, 0.717) is 23.9 Å². The summed E-state index contributed by atoms with van der Waals surface area (Å²) < 4.78 is 0. The number of aromatic amines is 1. The predicted octanol–water partition coefficient (Wildman–Crippen LogP) is 4.72. The molecule has 0 saturated carbocycles. The highest BCUT2D eigenvalue weighted by Gasteiger charge is 2.20. The number of aryl methyl sites for hydroxylation is 1. The zero-order chi connectivity index (χ0) is 25.3. The van der Waals surface area contributed by atoms with Gasteiger partial charge in [-0.2, -0.15) is 15.0 Å². The van der Waals surface area contributed by atoms with E-state index in [9.17, 15) is 0 Å². The smallest absolute Gasteiger partial charge is 0.233 e. The van der Waals surface area contributed by atoms with Crippen molar-refractivity contribution in [1.29, 1.82) is 0 Å². The van der Waals surface area contributed by atoms with E-state index in [-0.39, 0.29) is 5.41 Å². The fraction of sp³-hybridized carbons (Fsp3) is 0.407. The molecule has 0 bridgehead atoms. The van der Waals surface area contributed by atoms with Crippen LogP contribution in [0, 0.1) is 12.3 Å². The van der Waals surface area contributed by atoms with Crippen LogP contribution in [0.25, 0.3) is 22.4 Å². The maximum Gasteiger partial charge on any atom is 0.233 e. The Hall–Kier alpha value is -3.72. The number of fused-ring (bicyclic) bond motifs is 1. The molecule has 0 unspecified atom stereocenters. The Morgan fingerprint density at radius 2 is 1.83 bits per heavy atom. The molecule has 5 rings (SSSR count). The molecule has 9 heteroatoms. The fourth-order valence-corrected chi connectivity index (χ4v) is 4.51. The largest absolute Gasteiger partial charge is 0.350 e. The van der Waals surface area contributed by atoms with Gasteiger partial charge in [0, 0.05) is 37.4 Å². The van der Waals surface area contributed by atoms with E-state index < -0.39 is 0 Å². The molecular formula is C27H35N9. The normalized spacial score (nSPS) is 15.9. The lowest BCUT2D eigenvalue weighted by atomic mass is 9.96. The number of hydrogen-bond acceptors (Lipinski definition) is 8. The van der Waals surface area contributed by atoms with Gasteiger partial charge in [-0.3, -0.25) is 0 Å². The summed E-state index contributed by atoms with van der Waals surface area (Å²) in [6.07, 6.45) is 1.04. The summed E-state index contributed by atoms with van der Waals surface area (Å²) in [5, 5.41) is 10.3. The van der Waals surface area contributed by atoms with Crippen LogP contribution >= 0.6 is 0 Å². The molecule has 3 heterocycles. The highest BCUT2D eigenvalue weighted by Crippen LogP contribution is 2.28. The van der Waals surface area contributed by atoms with Crippen LogP contribution in [0.5, 0.6) is 0 Å². The van der Waals surface area contributed by atoms with Gasteiger partial charge >= 0.3 is 0 Å². The Labute approximate surface area is 212 Å². The van der Waals surface area contributed by atoms with Crippen molar-refractivity contribution in [2.24, 2.45) is 5.41 Å². The first-order valence-corrected chi connectivity index (χ1v) is 12.5. The summed E-state index contributed by atoms with van der Waals surface area (Å²) in [4.78, 5) is 24.5. The van der Waals surface area contributed by atoms with E-state index in [2.05, 4.69) is 71.7 Å². The van der Waals surface area contributed by atoms with Crippen molar-refractivity contribution in [2.75, 3.05) is 42.2 Å². The van der Waals surface area contributed by atoms with Crippen LogP contribution in [-0.2, 0) is 0 Å². The van der Waals surface area contributed by atoms with Crippen LogP contribution in [-0.4, -0.2) is 57.6 Å². The molecule has 2 aromatic carbocycles. The molecule has 9 nitrogen and oxygen atoms in total. The number of nitrogens with zero attached hydrogens (tertiary/aromatic N) is 5. The van der Waals surface area contributed by atoms with Gasteiger partial charge in [0.1, 0.15) is 5.82 Å². The number of aromatic nitrogens is 5. The van der Waals surface area contributed by atoms with E-state index in [4.69, 9.17) is 19.9 Å². The quantitative estimate of drug-likeness (QED) is 0.298. The Balaban J connectivity index is 1.46. The van der Waals surface area contributed by atoms with Crippen LogP contribution in [0.1, 0.15) is 32.8 Å². The first kappa shape index (κ1) is 24.0. The Bertz CT molecular complexity index is 1320. The Morgan fingerprint density at radius 1 is 1.03 bits per heavy atom.